The van der Waals surface area contributed by atoms with Crippen LogP contribution in [0.1, 0.15) is 18.0 Å². The molecule has 1 fully saturated rings. The van der Waals surface area contributed by atoms with Crippen LogP contribution in [-0.4, -0.2) is 43.1 Å². The van der Waals surface area contributed by atoms with Gasteiger partial charge in [-0.3, -0.25) is 15.0 Å². The number of imide groups is 1. The number of rotatable bonds is 4. The van der Waals surface area contributed by atoms with E-state index >= 15 is 0 Å². The van der Waals surface area contributed by atoms with Crippen molar-refractivity contribution in [1.82, 2.24) is 10.2 Å². The van der Waals surface area contributed by atoms with Crippen LogP contribution in [0.25, 0.3) is 0 Å². The van der Waals surface area contributed by atoms with Gasteiger partial charge in [-0.1, -0.05) is 18.2 Å². The number of fused-ring (bicyclic) bond motifs is 1. The highest BCUT2D eigenvalue weighted by molar-refractivity contribution is 6.01. The lowest BCUT2D eigenvalue weighted by atomic mass is 9.94. The second kappa shape index (κ2) is 7.85. The number of ether oxygens (including phenoxy) is 2. The quantitative estimate of drug-likeness (QED) is 0.846. The minimum atomic E-state index is -0.635. The van der Waals surface area contributed by atoms with Gasteiger partial charge in [0.2, 0.25) is 5.91 Å². The Kier molecular flexibility index (Phi) is 5.12. The molecule has 0 aromatic heterocycles. The second-order valence-electron chi connectivity index (χ2n) is 6.66. The van der Waals surface area contributed by atoms with Gasteiger partial charge in [-0.25, -0.2) is 9.18 Å². The molecule has 0 spiro atoms. The maximum absolute atomic E-state index is 13.9. The smallest absolute Gasteiger partial charge is 0.325 e. The molecule has 28 heavy (non-hydrogen) atoms. The maximum Gasteiger partial charge on any atom is 0.325 e. The molecule has 0 bridgehead atoms. The molecule has 0 saturated carbocycles. The molecule has 2 heterocycles. The molecule has 0 radical (unpaired) electrons. The average molecular weight is 385 g/mol. The monoisotopic (exact) mass is 385 g/mol. The van der Waals surface area contributed by atoms with Gasteiger partial charge < -0.3 is 14.8 Å². The van der Waals surface area contributed by atoms with E-state index in [1.807, 2.05) is 4.90 Å². The van der Waals surface area contributed by atoms with Crippen LogP contribution >= 0.6 is 0 Å². The van der Waals surface area contributed by atoms with Crippen molar-refractivity contribution < 1.29 is 23.5 Å². The minimum Gasteiger partial charge on any atom is -0.486 e. The highest BCUT2D eigenvalue weighted by Gasteiger charge is 2.32. The summed E-state index contributed by atoms with van der Waals surface area (Å²) in [5, 5.41) is 4.90. The number of benzene rings is 2. The zero-order chi connectivity index (χ0) is 19.5. The molecular formula is C20H20FN3O4. The Morgan fingerprint density at radius 3 is 2.64 bits per heavy atom. The summed E-state index contributed by atoms with van der Waals surface area (Å²) in [6, 6.07) is 10.8. The predicted molar refractivity (Wildman–Crippen MR) is 99.9 cm³/mol. The highest BCUT2D eigenvalue weighted by atomic mass is 19.1. The van der Waals surface area contributed by atoms with Crippen LogP contribution in [0.2, 0.25) is 0 Å². The zero-order valence-electron chi connectivity index (χ0n) is 15.1. The number of nitrogens with zero attached hydrogens (tertiary/aromatic N) is 1. The standard InChI is InChI=1S/C20H20FN3O4/c21-15-4-2-1-3-14(15)16-7-8-24(16)12-19(25)23-20(26)22-13-5-6-17-18(11-13)28-10-9-27-17/h1-6,11,16H,7-10,12H2,(H2,22,23,25,26)/t16-/m1/s1. The molecule has 2 aromatic rings. The predicted octanol–water partition coefficient (Wildman–Crippen LogP) is 2.69. The summed E-state index contributed by atoms with van der Waals surface area (Å²) in [7, 11) is 0. The van der Waals surface area contributed by atoms with Crippen LogP contribution < -0.4 is 20.1 Å². The fourth-order valence-corrected chi connectivity index (χ4v) is 3.36. The second-order valence-corrected chi connectivity index (χ2v) is 6.66. The summed E-state index contributed by atoms with van der Waals surface area (Å²) in [6.07, 6.45) is 0.775. The maximum atomic E-state index is 13.9. The van der Waals surface area contributed by atoms with E-state index in [4.69, 9.17) is 9.47 Å². The molecule has 7 nitrogen and oxygen atoms in total. The number of amides is 3. The minimum absolute atomic E-state index is 0.0214. The Balaban J connectivity index is 1.30. The summed E-state index contributed by atoms with van der Waals surface area (Å²) >= 11 is 0. The third-order valence-corrected chi connectivity index (χ3v) is 4.79. The first-order chi connectivity index (χ1) is 13.6. The number of hydrogen-bond donors (Lipinski definition) is 2. The van der Waals surface area contributed by atoms with E-state index in [9.17, 15) is 14.0 Å². The molecule has 4 rings (SSSR count). The van der Waals surface area contributed by atoms with Crippen LogP contribution in [0.4, 0.5) is 14.9 Å². The van der Waals surface area contributed by atoms with Gasteiger partial charge in [0.05, 0.1) is 6.54 Å². The number of halogens is 1. The van der Waals surface area contributed by atoms with Gasteiger partial charge in [-0.05, 0) is 24.6 Å². The Bertz CT molecular complexity index is 905. The lowest BCUT2D eigenvalue weighted by Gasteiger charge is -2.40. The number of anilines is 1. The summed E-state index contributed by atoms with van der Waals surface area (Å²) in [5.74, 6) is 0.430. The topological polar surface area (TPSA) is 79.9 Å². The number of hydrogen-bond acceptors (Lipinski definition) is 5. The summed E-state index contributed by atoms with van der Waals surface area (Å²) in [4.78, 5) is 26.1. The Morgan fingerprint density at radius 1 is 1.11 bits per heavy atom. The molecular weight excluding hydrogens is 365 g/mol. The van der Waals surface area contributed by atoms with Gasteiger partial charge in [0, 0.05) is 29.9 Å². The van der Waals surface area contributed by atoms with Crippen LogP contribution in [0.5, 0.6) is 11.5 Å². The Hall–Kier alpha value is -3.13. The molecule has 2 aliphatic heterocycles. The molecule has 0 unspecified atom stereocenters. The highest BCUT2D eigenvalue weighted by Crippen LogP contribution is 2.34. The molecule has 1 saturated heterocycles. The van der Waals surface area contributed by atoms with Crippen molar-refractivity contribution in [3.05, 3.63) is 53.8 Å². The van der Waals surface area contributed by atoms with E-state index in [1.165, 1.54) is 6.07 Å². The summed E-state index contributed by atoms with van der Waals surface area (Å²) in [6.45, 7) is 1.63. The fraction of sp³-hybridized carbons (Fsp3) is 0.300. The van der Waals surface area contributed by atoms with Gasteiger partial charge in [0.1, 0.15) is 19.0 Å². The first-order valence-corrected chi connectivity index (χ1v) is 9.09. The van der Waals surface area contributed by atoms with Crippen LogP contribution in [0.3, 0.4) is 0 Å². The summed E-state index contributed by atoms with van der Waals surface area (Å²) in [5.41, 5.74) is 1.06. The molecule has 146 valence electrons. The lowest BCUT2D eigenvalue weighted by Crippen LogP contribution is -2.48. The third kappa shape index (κ3) is 3.91. The fourth-order valence-electron chi connectivity index (χ4n) is 3.36. The van der Waals surface area contributed by atoms with Crippen LogP contribution in [-0.2, 0) is 4.79 Å². The number of likely N-dealkylation sites (tertiary alicyclic amines) is 1. The van der Waals surface area contributed by atoms with Crippen molar-refractivity contribution in [2.45, 2.75) is 12.5 Å². The molecule has 0 aliphatic carbocycles. The van der Waals surface area contributed by atoms with E-state index in [2.05, 4.69) is 10.6 Å². The molecule has 2 aliphatic rings. The van der Waals surface area contributed by atoms with Crippen molar-refractivity contribution in [1.29, 1.82) is 0 Å². The van der Waals surface area contributed by atoms with E-state index in [-0.39, 0.29) is 18.4 Å². The van der Waals surface area contributed by atoms with Crippen molar-refractivity contribution >= 4 is 17.6 Å². The SMILES string of the molecule is O=C(CN1CC[C@@H]1c1ccccc1F)NC(=O)Nc1ccc2c(c1)OCCO2. The lowest BCUT2D eigenvalue weighted by molar-refractivity contribution is -0.123. The van der Waals surface area contributed by atoms with E-state index in [0.29, 0.717) is 42.5 Å². The molecule has 3 amide bonds. The third-order valence-electron chi connectivity index (χ3n) is 4.79. The van der Waals surface area contributed by atoms with Gasteiger partial charge in [0.15, 0.2) is 11.5 Å². The van der Waals surface area contributed by atoms with Crippen LogP contribution in [0.15, 0.2) is 42.5 Å². The number of nitrogens with one attached hydrogen (secondary N) is 2. The van der Waals surface area contributed by atoms with Crippen LogP contribution in [0, 0.1) is 5.82 Å². The van der Waals surface area contributed by atoms with Crippen molar-refractivity contribution in [3.63, 3.8) is 0 Å². The normalized spacial score (nSPS) is 18.1. The average Bonchev–Trinajstić information content (AvgIpc) is 2.67. The van der Waals surface area contributed by atoms with Crippen molar-refractivity contribution in [2.24, 2.45) is 0 Å². The zero-order valence-corrected chi connectivity index (χ0v) is 15.1. The Morgan fingerprint density at radius 2 is 1.89 bits per heavy atom. The van der Waals surface area contributed by atoms with E-state index in [0.717, 1.165) is 6.42 Å². The molecule has 8 heteroatoms. The van der Waals surface area contributed by atoms with Gasteiger partial charge in [-0.2, -0.15) is 0 Å². The number of carbonyl (C=O) groups excluding carboxylic acids is 2. The molecule has 2 N–H and O–H groups in total. The molecule has 2 aromatic carbocycles. The van der Waals surface area contributed by atoms with Crippen molar-refractivity contribution in [3.8, 4) is 11.5 Å². The van der Waals surface area contributed by atoms with Gasteiger partial charge in [-0.15, -0.1) is 0 Å². The van der Waals surface area contributed by atoms with E-state index < -0.39 is 11.9 Å². The number of carbonyl (C=O) groups is 2. The largest absolute Gasteiger partial charge is 0.486 e. The molecule has 1 atom stereocenters. The Labute approximate surface area is 161 Å². The number of urea groups is 1. The van der Waals surface area contributed by atoms with Gasteiger partial charge >= 0.3 is 6.03 Å². The van der Waals surface area contributed by atoms with Gasteiger partial charge in [0.25, 0.3) is 0 Å². The van der Waals surface area contributed by atoms with Crippen molar-refractivity contribution in [2.75, 3.05) is 31.6 Å². The first kappa shape index (κ1) is 18.2. The first-order valence-electron chi connectivity index (χ1n) is 9.09. The summed E-state index contributed by atoms with van der Waals surface area (Å²) < 4.78 is 24.8. The van der Waals surface area contributed by atoms with E-state index in [1.54, 1.807) is 36.4 Å².